The van der Waals surface area contributed by atoms with Gasteiger partial charge < -0.3 is 13.7 Å². The summed E-state index contributed by atoms with van der Waals surface area (Å²) in [5.74, 6) is 0.578. The summed E-state index contributed by atoms with van der Waals surface area (Å²) in [7, 11) is 0. The van der Waals surface area contributed by atoms with Gasteiger partial charge in [-0.05, 0) is 66.7 Å². The highest BCUT2D eigenvalue weighted by molar-refractivity contribution is 6.40. The highest BCUT2D eigenvalue weighted by Crippen LogP contribution is 2.50. The molecule has 13 aromatic rings. The van der Waals surface area contributed by atoms with Gasteiger partial charge in [0.05, 0.1) is 55.7 Å². The van der Waals surface area contributed by atoms with Crippen LogP contribution in [0.2, 0.25) is 0 Å². The minimum Gasteiger partial charge on any atom is -0.308 e. The van der Waals surface area contributed by atoms with Crippen molar-refractivity contribution < 1.29 is 0 Å². The van der Waals surface area contributed by atoms with Crippen LogP contribution < -0.4 is 0 Å². The summed E-state index contributed by atoms with van der Waals surface area (Å²) in [4.78, 5) is 10.5. The van der Waals surface area contributed by atoms with Crippen molar-refractivity contribution >= 4 is 65.4 Å². The zero-order chi connectivity index (χ0) is 43.0. The normalized spacial score (nSPS) is 11.7. The van der Waals surface area contributed by atoms with Crippen molar-refractivity contribution in [2.75, 3.05) is 0 Å². The van der Waals surface area contributed by atoms with Crippen molar-refractivity contribution in [2.45, 2.75) is 0 Å². The fourth-order valence-corrected chi connectivity index (χ4v) is 10.1. The molecule has 65 heavy (non-hydrogen) atoms. The average Bonchev–Trinajstić information content (AvgIpc) is 4.03. The lowest BCUT2D eigenvalue weighted by atomic mass is 10.0. The largest absolute Gasteiger partial charge is 0.308 e. The summed E-state index contributed by atoms with van der Waals surface area (Å²) < 4.78 is 7.21. The van der Waals surface area contributed by atoms with E-state index in [-0.39, 0.29) is 0 Å². The molecule has 0 N–H and O–H groups in total. The van der Waals surface area contributed by atoms with E-state index in [9.17, 15) is 5.26 Å². The van der Waals surface area contributed by atoms with Gasteiger partial charge in [0.15, 0.2) is 5.82 Å². The molecular formula is C59H36N6. The number of benzene rings is 9. The third kappa shape index (κ3) is 5.53. The third-order valence-electron chi connectivity index (χ3n) is 12.8. The Morgan fingerprint density at radius 2 is 0.738 bits per heavy atom. The Kier molecular flexibility index (Phi) is 8.17. The van der Waals surface area contributed by atoms with E-state index in [1.54, 1.807) is 0 Å². The quantitative estimate of drug-likeness (QED) is 0.168. The van der Waals surface area contributed by atoms with Crippen LogP contribution in [0.15, 0.2) is 218 Å². The molecule has 4 aromatic heterocycles. The second kappa shape index (κ2) is 14.5. The second-order valence-electron chi connectivity index (χ2n) is 16.4. The molecule has 0 aliphatic carbocycles. The van der Waals surface area contributed by atoms with E-state index in [0.29, 0.717) is 11.4 Å². The number of hydrogen-bond donors (Lipinski definition) is 0. The van der Waals surface area contributed by atoms with Gasteiger partial charge in [-0.2, -0.15) is 5.26 Å². The van der Waals surface area contributed by atoms with Crippen molar-refractivity contribution in [3.05, 3.63) is 224 Å². The highest BCUT2D eigenvalue weighted by atomic mass is 15.0. The Labute approximate surface area is 373 Å². The molecule has 6 heteroatoms. The molecule has 0 amide bonds. The summed E-state index contributed by atoms with van der Waals surface area (Å²) in [6.07, 6.45) is 0. The maximum atomic E-state index is 11.1. The van der Waals surface area contributed by atoms with Gasteiger partial charge in [0.2, 0.25) is 0 Å². The summed E-state index contributed by atoms with van der Waals surface area (Å²) in [6.45, 7) is 0. The van der Waals surface area contributed by atoms with Gasteiger partial charge in [-0.3, -0.25) is 0 Å². The second-order valence-corrected chi connectivity index (χ2v) is 16.4. The predicted molar refractivity (Wildman–Crippen MR) is 266 cm³/mol. The molecule has 0 spiro atoms. The van der Waals surface area contributed by atoms with Crippen LogP contribution in [-0.2, 0) is 0 Å². The molecule has 13 rings (SSSR count). The standard InChI is InChI=1S/C59H36N6/c60-37-41-34-33-40(59-61-47(38-19-5-1-6-20-38)36-48(62-59)39-21-7-2-8-22-39)35-52(41)65-51-32-18-15-29-46(51)55-57-53(44-27-13-16-30-49(44)63(57)42-23-9-3-10-24-42)56-54(58(55)65)45-28-14-17-31-50(45)64(56)43-25-11-4-12-26-43/h1-36H. The Bertz CT molecular complexity index is 3920. The van der Waals surface area contributed by atoms with Crippen molar-refractivity contribution in [1.82, 2.24) is 23.7 Å². The van der Waals surface area contributed by atoms with Gasteiger partial charge >= 0.3 is 0 Å². The maximum Gasteiger partial charge on any atom is 0.160 e. The van der Waals surface area contributed by atoms with E-state index < -0.39 is 0 Å². The van der Waals surface area contributed by atoms with Crippen molar-refractivity contribution in [3.63, 3.8) is 0 Å². The zero-order valence-corrected chi connectivity index (χ0v) is 35.0. The molecule has 9 aromatic carbocycles. The number of hydrogen-bond acceptors (Lipinski definition) is 3. The molecule has 0 saturated carbocycles. The number of nitrogens with zero attached hydrogens (tertiary/aromatic N) is 6. The molecule has 0 bridgehead atoms. The van der Waals surface area contributed by atoms with Crippen molar-refractivity contribution in [2.24, 2.45) is 0 Å². The van der Waals surface area contributed by atoms with Crippen molar-refractivity contribution in [3.8, 4) is 57.0 Å². The number of fused-ring (bicyclic) bond motifs is 12. The summed E-state index contributed by atoms with van der Waals surface area (Å²) in [6, 6.07) is 78.7. The molecule has 4 heterocycles. The van der Waals surface area contributed by atoms with Gasteiger partial charge in [-0.25, -0.2) is 9.97 Å². The summed E-state index contributed by atoms with van der Waals surface area (Å²) >= 11 is 0. The molecule has 0 fully saturated rings. The van der Waals surface area contributed by atoms with Gasteiger partial charge in [-0.15, -0.1) is 0 Å². The minimum absolute atomic E-state index is 0.544. The molecule has 0 radical (unpaired) electrons. The van der Waals surface area contributed by atoms with Crippen LogP contribution in [0.3, 0.4) is 0 Å². The van der Waals surface area contributed by atoms with E-state index in [4.69, 9.17) is 9.97 Å². The lowest BCUT2D eigenvalue weighted by molar-refractivity contribution is 1.15. The van der Waals surface area contributed by atoms with E-state index in [1.807, 2.05) is 48.5 Å². The smallest absolute Gasteiger partial charge is 0.160 e. The first-order valence-corrected chi connectivity index (χ1v) is 21.8. The molecule has 6 nitrogen and oxygen atoms in total. The Hall–Kier alpha value is -9.05. The fourth-order valence-electron chi connectivity index (χ4n) is 10.1. The van der Waals surface area contributed by atoms with Crippen LogP contribution in [0, 0.1) is 11.3 Å². The SMILES string of the molecule is N#Cc1ccc(-c2nc(-c3ccccc3)cc(-c3ccccc3)n2)cc1-n1c2ccccc2c2c3c(c4ccccc4n3-c3ccccc3)c3c(c4ccccc4n3-c3ccccc3)c21. The van der Waals surface area contributed by atoms with E-state index in [2.05, 4.69) is 190 Å². The molecule has 0 atom stereocenters. The molecule has 0 aliphatic heterocycles. The van der Waals surface area contributed by atoms with Gasteiger partial charge in [0, 0.05) is 60.4 Å². The molecule has 0 saturated heterocycles. The van der Waals surface area contributed by atoms with Gasteiger partial charge in [0.25, 0.3) is 0 Å². The first-order chi connectivity index (χ1) is 32.2. The van der Waals surface area contributed by atoms with Crippen LogP contribution in [0.4, 0.5) is 0 Å². The lowest BCUT2D eigenvalue weighted by Gasteiger charge is -2.15. The van der Waals surface area contributed by atoms with E-state index >= 15 is 0 Å². The highest BCUT2D eigenvalue weighted by Gasteiger charge is 2.29. The zero-order valence-electron chi connectivity index (χ0n) is 35.0. The van der Waals surface area contributed by atoms with Gasteiger partial charge in [0.1, 0.15) is 6.07 Å². The monoisotopic (exact) mass is 828 g/mol. The molecule has 0 unspecified atom stereocenters. The maximum absolute atomic E-state index is 11.1. The van der Waals surface area contributed by atoms with Crippen LogP contribution >= 0.6 is 0 Å². The third-order valence-corrected chi connectivity index (χ3v) is 12.8. The van der Waals surface area contributed by atoms with Crippen LogP contribution in [0.5, 0.6) is 0 Å². The van der Waals surface area contributed by atoms with E-state index in [1.165, 1.54) is 10.8 Å². The number of para-hydroxylation sites is 5. The first kappa shape index (κ1) is 36.6. The number of rotatable bonds is 6. The topological polar surface area (TPSA) is 64.4 Å². The van der Waals surface area contributed by atoms with Crippen LogP contribution in [0.1, 0.15) is 5.56 Å². The first-order valence-electron chi connectivity index (χ1n) is 21.8. The number of nitriles is 1. The van der Waals surface area contributed by atoms with E-state index in [0.717, 1.165) is 99.8 Å². The summed E-state index contributed by atoms with van der Waals surface area (Å²) in [5, 5.41) is 17.9. The molecule has 302 valence electrons. The Morgan fingerprint density at radius 1 is 0.354 bits per heavy atom. The van der Waals surface area contributed by atoms with Crippen LogP contribution in [0.25, 0.3) is 116 Å². The Morgan fingerprint density at radius 3 is 1.18 bits per heavy atom. The molecule has 0 aliphatic rings. The number of aromatic nitrogens is 5. The predicted octanol–water partition coefficient (Wildman–Crippen LogP) is 14.6. The lowest BCUT2D eigenvalue weighted by Crippen LogP contribution is -2.01. The average molecular weight is 829 g/mol. The summed E-state index contributed by atoms with van der Waals surface area (Å²) in [5.41, 5.74) is 14.4. The van der Waals surface area contributed by atoms with Crippen LogP contribution in [-0.4, -0.2) is 23.7 Å². The van der Waals surface area contributed by atoms with Crippen molar-refractivity contribution in [1.29, 1.82) is 5.26 Å². The molecular weight excluding hydrogens is 793 g/mol. The van der Waals surface area contributed by atoms with Gasteiger partial charge in [-0.1, -0.05) is 152 Å². The minimum atomic E-state index is 0.544. The fraction of sp³-hybridized carbons (Fsp3) is 0. The Balaban J connectivity index is 1.23.